The highest BCUT2D eigenvalue weighted by molar-refractivity contribution is 5.27. The summed E-state index contributed by atoms with van der Waals surface area (Å²) in [6, 6.07) is 18.1. The van der Waals surface area contributed by atoms with E-state index in [0.717, 1.165) is 5.56 Å². The maximum atomic E-state index is 10.5. The first-order valence-electron chi connectivity index (χ1n) is 7.11. The number of ether oxygens (including phenoxy) is 1. The van der Waals surface area contributed by atoms with Gasteiger partial charge in [0.25, 0.3) is 0 Å². The molecule has 0 aliphatic rings. The lowest BCUT2D eigenvalue weighted by molar-refractivity contribution is -0.0340. The molecule has 2 heteroatoms. The minimum absolute atomic E-state index is 0.277. The molecule has 0 fully saturated rings. The lowest BCUT2D eigenvalue weighted by Crippen LogP contribution is -2.24. The van der Waals surface area contributed by atoms with Gasteiger partial charge in [-0.25, -0.2) is 0 Å². The molecular formula is C18H22O2. The van der Waals surface area contributed by atoms with E-state index in [2.05, 4.69) is 19.1 Å². The van der Waals surface area contributed by atoms with Gasteiger partial charge >= 0.3 is 0 Å². The third-order valence-electron chi connectivity index (χ3n) is 3.51. The van der Waals surface area contributed by atoms with E-state index in [9.17, 15) is 5.11 Å². The molecule has 0 aliphatic heterocycles. The number of hydrogen-bond donors (Lipinski definition) is 1. The Hall–Kier alpha value is -1.64. The van der Waals surface area contributed by atoms with Crippen molar-refractivity contribution >= 4 is 0 Å². The van der Waals surface area contributed by atoms with Gasteiger partial charge in [0.15, 0.2) is 0 Å². The van der Waals surface area contributed by atoms with Gasteiger partial charge in [-0.15, -0.1) is 0 Å². The fraction of sp³-hybridized carbons (Fsp3) is 0.333. The van der Waals surface area contributed by atoms with Gasteiger partial charge < -0.3 is 9.84 Å². The summed E-state index contributed by atoms with van der Waals surface area (Å²) in [5.41, 5.74) is 3.39. The van der Waals surface area contributed by atoms with Gasteiger partial charge in [0.05, 0.1) is 6.10 Å². The Kier molecular flexibility index (Phi) is 5.33. The van der Waals surface area contributed by atoms with E-state index < -0.39 is 6.10 Å². The van der Waals surface area contributed by atoms with Crippen molar-refractivity contribution in [3.63, 3.8) is 0 Å². The number of aliphatic hydroxyl groups is 1. The molecule has 0 amide bonds. The number of hydrogen-bond acceptors (Lipinski definition) is 2. The van der Waals surface area contributed by atoms with Crippen LogP contribution in [-0.2, 0) is 11.2 Å². The first kappa shape index (κ1) is 14.8. The molecule has 0 aliphatic carbocycles. The molecule has 0 bridgehead atoms. The Balaban J connectivity index is 2.16. The van der Waals surface area contributed by atoms with Gasteiger partial charge in [0, 0.05) is 13.0 Å². The predicted octanol–water partition coefficient (Wildman–Crippen LogP) is 3.68. The second-order valence-electron chi connectivity index (χ2n) is 4.98. The summed E-state index contributed by atoms with van der Waals surface area (Å²) in [5, 5.41) is 10.5. The van der Waals surface area contributed by atoms with Crippen molar-refractivity contribution in [1.29, 1.82) is 0 Å². The topological polar surface area (TPSA) is 29.5 Å². The molecule has 20 heavy (non-hydrogen) atoms. The third kappa shape index (κ3) is 3.69. The third-order valence-corrected chi connectivity index (χ3v) is 3.51. The Morgan fingerprint density at radius 3 is 2.30 bits per heavy atom. The van der Waals surface area contributed by atoms with E-state index in [1.807, 2.05) is 49.4 Å². The van der Waals surface area contributed by atoms with Crippen LogP contribution in [0.25, 0.3) is 0 Å². The van der Waals surface area contributed by atoms with Gasteiger partial charge in [-0.05, 0) is 30.5 Å². The van der Waals surface area contributed by atoms with Crippen molar-refractivity contribution in [2.24, 2.45) is 0 Å². The number of aryl methyl sites for hydroxylation is 1. The second kappa shape index (κ2) is 7.22. The highest BCUT2D eigenvalue weighted by Gasteiger charge is 2.22. The van der Waals surface area contributed by atoms with Crippen molar-refractivity contribution < 1.29 is 9.84 Å². The van der Waals surface area contributed by atoms with Crippen LogP contribution in [-0.4, -0.2) is 17.8 Å². The lowest BCUT2D eigenvalue weighted by Gasteiger charge is -2.24. The SMILES string of the molecule is CCOC(c1ccccc1)C(O)Cc1ccccc1C. The molecule has 2 aromatic carbocycles. The van der Waals surface area contributed by atoms with Crippen molar-refractivity contribution in [3.8, 4) is 0 Å². The van der Waals surface area contributed by atoms with E-state index >= 15 is 0 Å². The van der Waals surface area contributed by atoms with Crippen molar-refractivity contribution in [2.45, 2.75) is 32.5 Å². The van der Waals surface area contributed by atoms with Gasteiger partial charge in [0.2, 0.25) is 0 Å². The molecule has 0 saturated carbocycles. The smallest absolute Gasteiger partial charge is 0.109 e. The Labute approximate surface area is 121 Å². The zero-order chi connectivity index (χ0) is 14.4. The van der Waals surface area contributed by atoms with Gasteiger partial charge in [-0.1, -0.05) is 54.6 Å². The number of benzene rings is 2. The number of aliphatic hydroxyl groups excluding tert-OH is 1. The zero-order valence-corrected chi connectivity index (χ0v) is 12.1. The summed E-state index contributed by atoms with van der Waals surface area (Å²) < 4.78 is 5.75. The quantitative estimate of drug-likeness (QED) is 0.867. The molecule has 2 rings (SSSR count). The van der Waals surface area contributed by atoms with Crippen LogP contribution in [0.3, 0.4) is 0 Å². The first-order valence-corrected chi connectivity index (χ1v) is 7.11. The molecule has 2 nitrogen and oxygen atoms in total. The molecule has 0 radical (unpaired) electrons. The van der Waals surface area contributed by atoms with E-state index in [1.165, 1.54) is 11.1 Å². The van der Waals surface area contributed by atoms with Crippen LogP contribution in [0.15, 0.2) is 54.6 Å². The van der Waals surface area contributed by atoms with E-state index in [0.29, 0.717) is 13.0 Å². The molecule has 106 valence electrons. The molecule has 2 unspecified atom stereocenters. The van der Waals surface area contributed by atoms with Crippen molar-refractivity contribution in [3.05, 3.63) is 71.3 Å². The highest BCUT2D eigenvalue weighted by atomic mass is 16.5. The minimum Gasteiger partial charge on any atom is -0.390 e. The predicted molar refractivity (Wildman–Crippen MR) is 81.7 cm³/mol. The molecule has 0 heterocycles. The lowest BCUT2D eigenvalue weighted by atomic mass is 9.96. The van der Waals surface area contributed by atoms with Crippen LogP contribution >= 0.6 is 0 Å². The van der Waals surface area contributed by atoms with E-state index in [1.54, 1.807) is 0 Å². The summed E-state index contributed by atoms with van der Waals surface area (Å²) in [7, 11) is 0. The Morgan fingerprint density at radius 1 is 1.00 bits per heavy atom. The summed E-state index contributed by atoms with van der Waals surface area (Å²) in [6.07, 6.45) is -0.217. The zero-order valence-electron chi connectivity index (χ0n) is 12.1. The van der Waals surface area contributed by atoms with Crippen LogP contribution in [0.4, 0.5) is 0 Å². The largest absolute Gasteiger partial charge is 0.390 e. The fourth-order valence-corrected chi connectivity index (χ4v) is 2.42. The molecule has 0 spiro atoms. The van der Waals surface area contributed by atoms with Crippen LogP contribution in [0.1, 0.15) is 29.7 Å². The van der Waals surface area contributed by atoms with Crippen LogP contribution < -0.4 is 0 Å². The van der Waals surface area contributed by atoms with Crippen LogP contribution in [0, 0.1) is 6.92 Å². The molecule has 2 aromatic rings. The fourth-order valence-electron chi connectivity index (χ4n) is 2.42. The van der Waals surface area contributed by atoms with Crippen LogP contribution in [0.2, 0.25) is 0 Å². The van der Waals surface area contributed by atoms with Crippen LogP contribution in [0.5, 0.6) is 0 Å². The Morgan fingerprint density at radius 2 is 1.65 bits per heavy atom. The standard InChI is InChI=1S/C18H22O2/c1-3-20-18(15-10-5-4-6-11-15)17(19)13-16-12-8-7-9-14(16)2/h4-12,17-19H,3,13H2,1-2H3. The maximum Gasteiger partial charge on any atom is 0.109 e. The summed E-state index contributed by atoms with van der Waals surface area (Å²) in [4.78, 5) is 0. The molecular weight excluding hydrogens is 248 g/mol. The first-order chi connectivity index (χ1) is 9.72. The van der Waals surface area contributed by atoms with E-state index in [-0.39, 0.29) is 6.10 Å². The molecule has 1 N–H and O–H groups in total. The monoisotopic (exact) mass is 270 g/mol. The summed E-state index contributed by atoms with van der Waals surface area (Å²) in [6.45, 7) is 4.61. The number of rotatable bonds is 6. The average Bonchev–Trinajstić information content (AvgIpc) is 2.48. The molecule has 0 aromatic heterocycles. The summed E-state index contributed by atoms with van der Waals surface area (Å²) in [5.74, 6) is 0. The summed E-state index contributed by atoms with van der Waals surface area (Å²) >= 11 is 0. The maximum absolute atomic E-state index is 10.5. The highest BCUT2D eigenvalue weighted by Crippen LogP contribution is 2.24. The second-order valence-corrected chi connectivity index (χ2v) is 4.98. The normalized spacial score (nSPS) is 13.9. The van der Waals surface area contributed by atoms with E-state index in [4.69, 9.17) is 4.74 Å². The Bertz CT molecular complexity index is 522. The van der Waals surface area contributed by atoms with Gasteiger partial charge in [0.1, 0.15) is 6.10 Å². The van der Waals surface area contributed by atoms with Gasteiger partial charge in [-0.3, -0.25) is 0 Å². The minimum atomic E-state index is -0.543. The average molecular weight is 270 g/mol. The molecule has 0 saturated heterocycles. The molecule has 2 atom stereocenters. The van der Waals surface area contributed by atoms with Crippen molar-refractivity contribution in [1.82, 2.24) is 0 Å². The van der Waals surface area contributed by atoms with Crippen molar-refractivity contribution in [2.75, 3.05) is 6.61 Å². The van der Waals surface area contributed by atoms with Gasteiger partial charge in [-0.2, -0.15) is 0 Å².